The van der Waals surface area contributed by atoms with E-state index in [9.17, 15) is 0 Å². The van der Waals surface area contributed by atoms with E-state index in [0.29, 0.717) is 0 Å². The lowest BCUT2D eigenvalue weighted by Gasteiger charge is -2.27. The minimum atomic E-state index is 1.12. The quantitative estimate of drug-likeness (QED) is 0.111. The molecule has 0 atom stereocenters. The van der Waals surface area contributed by atoms with Crippen molar-refractivity contribution in [1.29, 1.82) is 0 Å². The number of benzene rings is 10. The second-order valence-electron chi connectivity index (χ2n) is 14.5. The van der Waals surface area contributed by atoms with Crippen molar-refractivity contribution in [3.8, 4) is 33.4 Å². The second kappa shape index (κ2) is 15.0. The van der Waals surface area contributed by atoms with E-state index in [1.807, 2.05) is 0 Å². The number of hydrogen-bond acceptors (Lipinski definition) is 1. The van der Waals surface area contributed by atoms with Gasteiger partial charge in [-0.2, -0.15) is 0 Å². The van der Waals surface area contributed by atoms with E-state index >= 15 is 0 Å². The van der Waals surface area contributed by atoms with Crippen molar-refractivity contribution in [2.24, 2.45) is 0 Å². The number of fused-ring (bicyclic) bond motifs is 3. The summed E-state index contributed by atoms with van der Waals surface area (Å²) in [7, 11) is 0. The van der Waals surface area contributed by atoms with Crippen LogP contribution in [0.5, 0.6) is 0 Å². The fourth-order valence-corrected chi connectivity index (χ4v) is 8.31. The molecule has 1 nitrogen and oxygen atoms in total. The average molecular weight is 726 g/mol. The fourth-order valence-electron chi connectivity index (χ4n) is 8.31. The SMILES string of the molecule is C(=Cc1ccc(-c2c3ccccc3c(-c3ccc(N(c4ccccc4)c4cccc5ccccc45)cc3)c3ccccc23)cc1)c1ccc(-c2ccccc2)cc1. The molecule has 0 saturated heterocycles. The third-order valence-corrected chi connectivity index (χ3v) is 11.1. The van der Waals surface area contributed by atoms with Crippen molar-refractivity contribution in [3.63, 3.8) is 0 Å². The highest BCUT2D eigenvalue weighted by Crippen LogP contribution is 2.45. The van der Waals surface area contributed by atoms with Crippen LogP contribution in [0.4, 0.5) is 17.1 Å². The first-order valence-electron chi connectivity index (χ1n) is 19.6. The summed E-state index contributed by atoms with van der Waals surface area (Å²) in [5.41, 5.74) is 13.1. The summed E-state index contributed by atoms with van der Waals surface area (Å²) in [6.07, 6.45) is 4.39. The maximum Gasteiger partial charge on any atom is 0.0540 e. The lowest BCUT2D eigenvalue weighted by atomic mass is 9.86. The Balaban J connectivity index is 1.02. The van der Waals surface area contributed by atoms with Crippen LogP contribution in [0.15, 0.2) is 224 Å². The first-order chi connectivity index (χ1) is 28.3. The number of hydrogen-bond donors (Lipinski definition) is 0. The monoisotopic (exact) mass is 725 g/mol. The zero-order valence-corrected chi connectivity index (χ0v) is 31.5. The Morgan fingerprint density at radius 2 is 0.649 bits per heavy atom. The van der Waals surface area contributed by atoms with E-state index in [1.165, 1.54) is 76.8 Å². The molecule has 0 N–H and O–H groups in total. The first-order valence-corrected chi connectivity index (χ1v) is 19.6. The number of nitrogens with zero attached hydrogens (tertiary/aromatic N) is 1. The molecule has 0 bridgehead atoms. The molecule has 10 aromatic rings. The topological polar surface area (TPSA) is 3.24 Å². The molecule has 0 aromatic heterocycles. The average Bonchev–Trinajstić information content (AvgIpc) is 3.29. The van der Waals surface area contributed by atoms with Crippen molar-refractivity contribution < 1.29 is 0 Å². The zero-order chi connectivity index (χ0) is 38.0. The maximum atomic E-state index is 2.37. The van der Waals surface area contributed by atoms with Gasteiger partial charge < -0.3 is 4.90 Å². The number of anilines is 3. The van der Waals surface area contributed by atoms with Crippen LogP contribution in [0.1, 0.15) is 11.1 Å². The molecule has 0 saturated carbocycles. The molecular weight excluding hydrogens is 687 g/mol. The van der Waals surface area contributed by atoms with Crippen molar-refractivity contribution in [1.82, 2.24) is 0 Å². The van der Waals surface area contributed by atoms with E-state index in [4.69, 9.17) is 0 Å². The highest BCUT2D eigenvalue weighted by molar-refractivity contribution is 6.21. The van der Waals surface area contributed by atoms with Crippen LogP contribution in [0, 0.1) is 0 Å². The molecule has 0 aliphatic heterocycles. The summed E-state index contributed by atoms with van der Waals surface area (Å²) in [5.74, 6) is 0. The van der Waals surface area contributed by atoms with Crippen LogP contribution in [0.3, 0.4) is 0 Å². The fraction of sp³-hybridized carbons (Fsp3) is 0. The molecule has 0 aliphatic carbocycles. The summed E-state index contributed by atoms with van der Waals surface area (Å²) in [6, 6.07) is 81.0. The highest BCUT2D eigenvalue weighted by Gasteiger charge is 2.19. The molecule has 0 heterocycles. The van der Waals surface area contributed by atoms with Gasteiger partial charge in [-0.25, -0.2) is 0 Å². The summed E-state index contributed by atoms with van der Waals surface area (Å²) in [4.78, 5) is 2.37. The number of rotatable bonds is 8. The van der Waals surface area contributed by atoms with Gasteiger partial charge in [0, 0.05) is 16.8 Å². The zero-order valence-electron chi connectivity index (χ0n) is 31.5. The Kier molecular flexibility index (Phi) is 8.95. The molecule has 0 amide bonds. The van der Waals surface area contributed by atoms with Crippen LogP contribution >= 0.6 is 0 Å². The molecule has 1 heteroatoms. The Hall–Kier alpha value is -7.48. The standard InChI is InChI=1S/C56H39N/c1-3-14-42(15-4-1)43-32-28-40(29-33-43)26-27-41-30-34-45(35-31-41)55-50-21-9-11-23-52(50)56(53-24-12-10-22-51(53)55)46-36-38-48(39-37-46)57(47-18-5-2-6-19-47)54-25-13-17-44-16-7-8-20-49(44)54/h1-39H. The smallest absolute Gasteiger partial charge is 0.0540 e. The first kappa shape index (κ1) is 34.0. The van der Waals surface area contributed by atoms with E-state index in [2.05, 4.69) is 242 Å². The van der Waals surface area contributed by atoms with E-state index < -0.39 is 0 Å². The predicted octanol–water partition coefficient (Wildman–Crippen LogP) is 15.8. The van der Waals surface area contributed by atoms with Crippen LogP contribution in [-0.2, 0) is 0 Å². The van der Waals surface area contributed by atoms with Crippen LogP contribution < -0.4 is 4.90 Å². The van der Waals surface area contributed by atoms with Gasteiger partial charge in [0.05, 0.1) is 5.69 Å². The normalized spacial score (nSPS) is 11.4. The summed E-state index contributed by atoms with van der Waals surface area (Å²) in [6.45, 7) is 0. The summed E-state index contributed by atoms with van der Waals surface area (Å²) >= 11 is 0. The van der Waals surface area contributed by atoms with Crippen molar-refractivity contribution in [2.45, 2.75) is 0 Å². The minimum absolute atomic E-state index is 1.12. The van der Waals surface area contributed by atoms with Gasteiger partial charge in [-0.05, 0) is 102 Å². The van der Waals surface area contributed by atoms with E-state index in [1.54, 1.807) is 0 Å². The van der Waals surface area contributed by atoms with Gasteiger partial charge >= 0.3 is 0 Å². The second-order valence-corrected chi connectivity index (χ2v) is 14.5. The minimum Gasteiger partial charge on any atom is -0.310 e. The molecule has 10 aromatic carbocycles. The molecule has 0 unspecified atom stereocenters. The van der Waals surface area contributed by atoms with Gasteiger partial charge in [-0.15, -0.1) is 0 Å². The number of para-hydroxylation sites is 1. The van der Waals surface area contributed by atoms with Crippen molar-refractivity contribution in [2.75, 3.05) is 4.90 Å². The van der Waals surface area contributed by atoms with Crippen LogP contribution in [0.2, 0.25) is 0 Å². The molecule has 0 aliphatic rings. The lowest BCUT2D eigenvalue weighted by Crippen LogP contribution is -2.10. The molecular formula is C56H39N. The molecule has 0 spiro atoms. The van der Waals surface area contributed by atoms with Gasteiger partial charge in [0.2, 0.25) is 0 Å². The van der Waals surface area contributed by atoms with Crippen molar-refractivity contribution in [3.05, 3.63) is 236 Å². The van der Waals surface area contributed by atoms with Gasteiger partial charge in [0.1, 0.15) is 0 Å². The largest absolute Gasteiger partial charge is 0.310 e. The molecule has 268 valence electrons. The van der Waals surface area contributed by atoms with Gasteiger partial charge in [0.25, 0.3) is 0 Å². The lowest BCUT2D eigenvalue weighted by molar-refractivity contribution is 1.30. The molecule has 0 radical (unpaired) electrons. The molecule has 10 rings (SSSR count). The summed E-state index contributed by atoms with van der Waals surface area (Å²) in [5, 5.41) is 7.43. The maximum absolute atomic E-state index is 2.37. The molecule has 0 fully saturated rings. The van der Waals surface area contributed by atoms with E-state index in [-0.39, 0.29) is 0 Å². The van der Waals surface area contributed by atoms with Gasteiger partial charge in [-0.1, -0.05) is 206 Å². The highest BCUT2D eigenvalue weighted by atomic mass is 15.1. The molecule has 57 heavy (non-hydrogen) atoms. The van der Waals surface area contributed by atoms with Gasteiger partial charge in [-0.3, -0.25) is 0 Å². The Labute approximate surface area is 334 Å². The summed E-state index contributed by atoms with van der Waals surface area (Å²) < 4.78 is 0. The third-order valence-electron chi connectivity index (χ3n) is 11.1. The Morgan fingerprint density at radius 3 is 1.19 bits per heavy atom. The Morgan fingerprint density at radius 1 is 0.263 bits per heavy atom. The van der Waals surface area contributed by atoms with Crippen LogP contribution in [-0.4, -0.2) is 0 Å². The Bertz CT molecular complexity index is 2950. The van der Waals surface area contributed by atoms with Gasteiger partial charge in [0.15, 0.2) is 0 Å². The predicted molar refractivity (Wildman–Crippen MR) is 245 cm³/mol. The van der Waals surface area contributed by atoms with Crippen molar-refractivity contribution >= 4 is 61.5 Å². The van der Waals surface area contributed by atoms with E-state index in [0.717, 1.165) is 17.1 Å². The third kappa shape index (κ3) is 6.56. The van der Waals surface area contributed by atoms with Crippen LogP contribution in [0.25, 0.3) is 77.9 Å².